The lowest BCUT2D eigenvalue weighted by atomic mass is 10.2. The maximum atomic E-state index is 11.1. The van der Waals surface area contributed by atoms with Crippen molar-refractivity contribution in [2.75, 3.05) is 5.43 Å². The molecule has 1 aromatic rings. The van der Waals surface area contributed by atoms with Gasteiger partial charge in [-0.25, -0.2) is 0 Å². The highest BCUT2D eigenvalue weighted by Crippen LogP contribution is 2.28. The van der Waals surface area contributed by atoms with E-state index < -0.39 is 32.0 Å². The van der Waals surface area contributed by atoms with E-state index in [0.717, 1.165) is 18.2 Å². The number of carbonyl (C=O) groups excluding carboxylic acids is 1. The summed E-state index contributed by atoms with van der Waals surface area (Å²) >= 11 is 10.5. The molecule has 19 heavy (non-hydrogen) atoms. The first-order chi connectivity index (χ1) is 8.82. The SMILES string of the molecule is O=C(NNc1ccc([N+](=O)[O-])cc1[N+](=O)[O-])C(Cl)Cl. The number of alkyl halides is 2. The van der Waals surface area contributed by atoms with Crippen LogP contribution >= 0.6 is 23.2 Å². The van der Waals surface area contributed by atoms with Crippen LogP contribution in [0.15, 0.2) is 18.2 Å². The third-order valence-corrected chi connectivity index (χ3v) is 2.30. The molecule has 0 bridgehead atoms. The van der Waals surface area contributed by atoms with Crippen LogP contribution in [0, 0.1) is 20.2 Å². The van der Waals surface area contributed by atoms with Crippen LogP contribution in [0.25, 0.3) is 0 Å². The molecule has 0 aliphatic heterocycles. The number of rotatable bonds is 5. The molecule has 0 fully saturated rings. The van der Waals surface area contributed by atoms with Crippen LogP contribution in [0.3, 0.4) is 0 Å². The number of nitro benzene ring substituents is 2. The van der Waals surface area contributed by atoms with Crippen LogP contribution in [0.2, 0.25) is 0 Å². The van der Waals surface area contributed by atoms with Gasteiger partial charge in [0.15, 0.2) is 4.84 Å². The van der Waals surface area contributed by atoms with Crippen LogP contribution in [0.5, 0.6) is 0 Å². The average molecular weight is 309 g/mol. The number of nitro groups is 2. The van der Waals surface area contributed by atoms with E-state index in [-0.39, 0.29) is 5.69 Å². The summed E-state index contributed by atoms with van der Waals surface area (Å²) in [4.78, 5) is 29.3. The minimum atomic E-state index is -1.36. The minimum Gasteiger partial charge on any atom is -0.292 e. The summed E-state index contributed by atoms with van der Waals surface area (Å²) in [5.41, 5.74) is 3.06. The number of hydrazine groups is 1. The Hall–Kier alpha value is -2.13. The van der Waals surface area contributed by atoms with Crippen LogP contribution < -0.4 is 10.9 Å². The standard InChI is InChI=1S/C8H6Cl2N4O5/c9-7(10)8(15)12-11-5-2-1-4(13(16)17)3-6(5)14(18)19/h1-3,7,11H,(H,12,15). The van der Waals surface area contributed by atoms with Gasteiger partial charge in [0.1, 0.15) is 5.69 Å². The van der Waals surface area contributed by atoms with Crippen molar-refractivity contribution in [3.05, 3.63) is 38.4 Å². The number of non-ortho nitro benzene ring substituents is 1. The van der Waals surface area contributed by atoms with E-state index in [0.29, 0.717) is 0 Å². The summed E-state index contributed by atoms with van der Waals surface area (Å²) in [6, 6.07) is 2.88. The number of nitrogens with zero attached hydrogens (tertiary/aromatic N) is 2. The van der Waals surface area contributed by atoms with Crippen molar-refractivity contribution in [3.8, 4) is 0 Å². The van der Waals surface area contributed by atoms with Crippen molar-refractivity contribution in [3.63, 3.8) is 0 Å². The second-order valence-electron chi connectivity index (χ2n) is 3.13. The summed E-state index contributed by atoms with van der Waals surface area (Å²) in [5.74, 6) is -0.823. The number of nitrogens with one attached hydrogen (secondary N) is 2. The zero-order valence-electron chi connectivity index (χ0n) is 9.00. The second kappa shape index (κ2) is 6.16. The van der Waals surface area contributed by atoms with Gasteiger partial charge in [-0.3, -0.25) is 35.9 Å². The van der Waals surface area contributed by atoms with Crippen molar-refractivity contribution in [2.45, 2.75) is 4.84 Å². The average Bonchev–Trinajstić information content (AvgIpc) is 2.35. The fraction of sp³-hybridized carbons (Fsp3) is 0.125. The van der Waals surface area contributed by atoms with Crippen LogP contribution in [0.4, 0.5) is 17.1 Å². The Kier molecular flexibility index (Phi) is 4.84. The summed E-state index contributed by atoms with van der Waals surface area (Å²) in [6.45, 7) is 0. The first kappa shape index (κ1) is 14.9. The third-order valence-electron chi connectivity index (χ3n) is 1.91. The topological polar surface area (TPSA) is 127 Å². The normalized spacial score (nSPS) is 10.1. The number of hydrogen-bond donors (Lipinski definition) is 2. The van der Waals surface area contributed by atoms with Crippen molar-refractivity contribution >= 4 is 46.2 Å². The summed E-state index contributed by atoms with van der Waals surface area (Å²) in [7, 11) is 0. The predicted molar refractivity (Wildman–Crippen MR) is 67.0 cm³/mol. The number of hydrogen-bond acceptors (Lipinski definition) is 6. The maximum absolute atomic E-state index is 11.1. The van der Waals surface area contributed by atoms with E-state index in [1.807, 2.05) is 5.43 Å². The Morgan fingerprint density at radius 3 is 2.32 bits per heavy atom. The molecular weight excluding hydrogens is 303 g/mol. The molecule has 0 saturated heterocycles. The maximum Gasteiger partial charge on any atom is 0.300 e. The molecule has 102 valence electrons. The predicted octanol–water partition coefficient (Wildman–Crippen LogP) is 1.75. The number of halogens is 2. The van der Waals surface area contributed by atoms with E-state index in [9.17, 15) is 25.0 Å². The molecule has 9 nitrogen and oxygen atoms in total. The van der Waals surface area contributed by atoms with Gasteiger partial charge in [0.25, 0.3) is 11.6 Å². The van der Waals surface area contributed by atoms with Gasteiger partial charge >= 0.3 is 5.69 Å². The van der Waals surface area contributed by atoms with Gasteiger partial charge in [-0.1, -0.05) is 23.2 Å². The van der Waals surface area contributed by atoms with Crippen LogP contribution in [0.1, 0.15) is 0 Å². The van der Waals surface area contributed by atoms with Crippen molar-refractivity contribution < 1.29 is 14.6 Å². The lowest BCUT2D eigenvalue weighted by Crippen LogP contribution is -2.33. The van der Waals surface area contributed by atoms with Gasteiger partial charge in [0.05, 0.1) is 15.9 Å². The smallest absolute Gasteiger partial charge is 0.292 e. The van der Waals surface area contributed by atoms with E-state index in [2.05, 4.69) is 5.43 Å². The Bertz CT molecular complexity index is 536. The first-order valence-electron chi connectivity index (χ1n) is 4.59. The molecule has 1 aromatic carbocycles. The molecular formula is C8H6Cl2N4O5. The van der Waals surface area contributed by atoms with E-state index in [4.69, 9.17) is 23.2 Å². The van der Waals surface area contributed by atoms with Gasteiger partial charge in [-0.2, -0.15) is 0 Å². The minimum absolute atomic E-state index is 0.141. The highest BCUT2D eigenvalue weighted by atomic mass is 35.5. The largest absolute Gasteiger partial charge is 0.300 e. The third kappa shape index (κ3) is 3.93. The Balaban J connectivity index is 2.98. The number of benzene rings is 1. The zero-order valence-corrected chi connectivity index (χ0v) is 10.5. The Morgan fingerprint density at radius 1 is 1.21 bits per heavy atom. The van der Waals surface area contributed by atoms with Gasteiger partial charge < -0.3 is 0 Å². The number of anilines is 1. The van der Waals surface area contributed by atoms with E-state index in [1.54, 1.807) is 0 Å². The molecule has 0 saturated carbocycles. The van der Waals surface area contributed by atoms with Gasteiger partial charge in [0.2, 0.25) is 0 Å². The lowest BCUT2D eigenvalue weighted by Gasteiger charge is -2.08. The highest BCUT2D eigenvalue weighted by Gasteiger charge is 2.20. The highest BCUT2D eigenvalue weighted by molar-refractivity contribution is 6.53. The molecule has 0 aliphatic rings. The Morgan fingerprint density at radius 2 is 1.84 bits per heavy atom. The molecule has 1 rings (SSSR count). The van der Waals surface area contributed by atoms with Gasteiger partial charge in [-0.05, 0) is 6.07 Å². The molecule has 2 N–H and O–H groups in total. The molecule has 1 amide bonds. The summed E-state index contributed by atoms with van der Waals surface area (Å²) in [5, 5.41) is 21.3. The summed E-state index contributed by atoms with van der Waals surface area (Å²) in [6.07, 6.45) is 0. The Labute approximate surface area is 115 Å². The lowest BCUT2D eigenvalue weighted by molar-refractivity contribution is -0.393. The molecule has 0 aromatic heterocycles. The van der Waals surface area contributed by atoms with Gasteiger partial charge in [0, 0.05) is 6.07 Å². The van der Waals surface area contributed by atoms with Crippen LogP contribution in [-0.2, 0) is 4.79 Å². The molecule has 0 radical (unpaired) electrons. The molecule has 11 heteroatoms. The molecule has 0 atom stereocenters. The monoisotopic (exact) mass is 308 g/mol. The van der Waals surface area contributed by atoms with E-state index in [1.165, 1.54) is 0 Å². The van der Waals surface area contributed by atoms with E-state index >= 15 is 0 Å². The molecule has 0 spiro atoms. The second-order valence-corrected chi connectivity index (χ2v) is 4.23. The van der Waals surface area contributed by atoms with Crippen LogP contribution in [-0.4, -0.2) is 20.6 Å². The molecule has 0 unspecified atom stereocenters. The summed E-state index contributed by atoms with van der Waals surface area (Å²) < 4.78 is 0. The van der Waals surface area contributed by atoms with Crippen molar-refractivity contribution in [1.29, 1.82) is 0 Å². The molecule has 0 heterocycles. The number of amides is 1. The number of carbonyl (C=O) groups is 1. The fourth-order valence-electron chi connectivity index (χ4n) is 1.07. The fourth-order valence-corrected chi connectivity index (χ4v) is 1.18. The van der Waals surface area contributed by atoms with Crippen molar-refractivity contribution in [2.24, 2.45) is 0 Å². The molecule has 0 aliphatic carbocycles. The first-order valence-corrected chi connectivity index (χ1v) is 5.47. The van der Waals surface area contributed by atoms with Crippen molar-refractivity contribution in [1.82, 2.24) is 5.43 Å². The zero-order chi connectivity index (χ0) is 14.6. The quantitative estimate of drug-likeness (QED) is 0.484. The van der Waals surface area contributed by atoms with Gasteiger partial charge in [-0.15, -0.1) is 0 Å².